The zero-order valence-electron chi connectivity index (χ0n) is 8.18. The Labute approximate surface area is 97.0 Å². The minimum Gasteiger partial charge on any atom is -0.160 e. The molecular weight excluding hydrogens is 224 g/mol. The van der Waals surface area contributed by atoms with Gasteiger partial charge in [0.05, 0.1) is 9.16 Å². The van der Waals surface area contributed by atoms with E-state index in [2.05, 4.69) is 25.3 Å². The van der Waals surface area contributed by atoms with E-state index in [1.54, 1.807) is 0 Å². The van der Waals surface area contributed by atoms with Crippen LogP contribution in [0.25, 0.3) is 0 Å². The zero-order chi connectivity index (χ0) is 10.6. The van der Waals surface area contributed by atoms with Gasteiger partial charge < -0.3 is 0 Å². The average Bonchev–Trinajstić information content (AvgIpc) is 2.27. The molecule has 0 N–H and O–H groups in total. The summed E-state index contributed by atoms with van der Waals surface area (Å²) >= 11 is 10.4. The van der Waals surface area contributed by atoms with Crippen LogP contribution in [0.4, 0.5) is 0 Å². The van der Waals surface area contributed by atoms with Crippen LogP contribution in [0, 0.1) is 0 Å². The van der Waals surface area contributed by atoms with E-state index in [1.165, 1.54) is 0 Å². The Hall–Kier alpha value is 0.620. The first-order chi connectivity index (χ1) is 6.69. The molecule has 0 saturated heterocycles. The van der Waals surface area contributed by atoms with Crippen LogP contribution < -0.4 is 0 Å². The van der Waals surface area contributed by atoms with Gasteiger partial charge >= 0.3 is 0 Å². The van der Waals surface area contributed by atoms with Crippen molar-refractivity contribution >= 4 is 50.3 Å². The van der Waals surface area contributed by atoms with Crippen LogP contribution in [0.15, 0.2) is 24.3 Å². The first-order valence-corrected chi connectivity index (χ1v) is 5.36. The van der Waals surface area contributed by atoms with Crippen LogP contribution in [0.3, 0.4) is 0 Å². The van der Waals surface area contributed by atoms with Crippen LogP contribution >= 0.6 is 50.3 Å². The van der Waals surface area contributed by atoms with Crippen molar-refractivity contribution in [3.05, 3.63) is 35.4 Å². The Bertz CT molecular complexity index is 269. The van der Waals surface area contributed by atoms with Gasteiger partial charge in [-0.15, -0.1) is 0 Å². The Kier molecular flexibility index (Phi) is 3.15. The smallest absolute Gasteiger partial charge is 0.104 e. The summed E-state index contributed by atoms with van der Waals surface area (Å²) in [6.45, 7) is 0. The third-order valence-electron chi connectivity index (χ3n) is 1.48. The molecule has 2 unspecified atom stereocenters. The van der Waals surface area contributed by atoms with Crippen molar-refractivity contribution < 1.29 is 0 Å². The SMILES string of the molecule is [2H]SC(S)c1cccc(C(S)S[2H])c1. The van der Waals surface area contributed by atoms with Crippen molar-refractivity contribution in [2.75, 3.05) is 0 Å². The maximum Gasteiger partial charge on any atom is 0.104 e. The third-order valence-corrected chi connectivity index (χ3v) is 2.62. The van der Waals surface area contributed by atoms with Gasteiger partial charge in [-0.1, -0.05) is 24.3 Å². The average molecular weight is 236 g/mol. The summed E-state index contributed by atoms with van der Waals surface area (Å²) in [6, 6.07) is 7.71. The molecule has 0 heterocycles. The lowest BCUT2D eigenvalue weighted by Gasteiger charge is -2.08. The molecule has 0 spiro atoms. The fraction of sp³-hybridized carbons (Fsp3) is 0.250. The maximum atomic E-state index is 7.15. The number of hydrogen-bond donors (Lipinski definition) is 4. The van der Waals surface area contributed by atoms with Gasteiger partial charge in [-0.2, -0.15) is 50.3 Å². The fourth-order valence-electron chi connectivity index (χ4n) is 0.866. The minimum absolute atomic E-state index is 0.133. The van der Waals surface area contributed by atoms with Crippen LogP contribution in [0.2, 0.25) is 0 Å². The van der Waals surface area contributed by atoms with Crippen molar-refractivity contribution in [1.82, 2.24) is 0 Å². The molecule has 0 aliphatic rings. The summed E-state index contributed by atoms with van der Waals surface area (Å²) in [5.41, 5.74) is 1.97. The van der Waals surface area contributed by atoms with Crippen molar-refractivity contribution in [2.24, 2.45) is 0 Å². The van der Waals surface area contributed by atoms with E-state index in [0.29, 0.717) is 0 Å². The van der Waals surface area contributed by atoms with E-state index in [9.17, 15) is 0 Å². The van der Waals surface area contributed by atoms with Gasteiger partial charge in [-0.3, -0.25) is 0 Å². The van der Waals surface area contributed by atoms with E-state index in [0.717, 1.165) is 36.2 Å². The van der Waals surface area contributed by atoms with Crippen molar-refractivity contribution in [1.29, 1.82) is 2.25 Å². The summed E-state index contributed by atoms with van der Waals surface area (Å²) in [6.07, 6.45) is 0. The Morgan fingerprint density at radius 3 is 2.00 bits per heavy atom. The molecule has 1 rings (SSSR count). The summed E-state index contributed by atoms with van der Waals surface area (Å²) in [5, 5.41) is 0. The topological polar surface area (TPSA) is 0 Å². The van der Waals surface area contributed by atoms with Crippen LogP contribution in [-0.2, 0) is 0 Å². The van der Waals surface area contributed by atoms with Crippen molar-refractivity contribution in [2.45, 2.75) is 9.16 Å². The molecule has 0 aliphatic carbocycles. The molecule has 0 aliphatic heterocycles. The van der Waals surface area contributed by atoms with Gasteiger partial charge in [0, 0.05) is 0 Å². The monoisotopic (exact) mass is 236 g/mol. The Morgan fingerprint density at radius 2 is 1.58 bits per heavy atom. The highest BCUT2D eigenvalue weighted by Crippen LogP contribution is 2.29. The summed E-state index contributed by atoms with van der Waals surface area (Å²) in [4.78, 5) is 0. The first-order valence-electron chi connectivity index (χ1n) is 4.20. The molecule has 0 aromatic heterocycles. The number of benzene rings is 1. The third kappa shape index (κ3) is 2.83. The van der Waals surface area contributed by atoms with E-state index >= 15 is 0 Å². The molecule has 12 heavy (non-hydrogen) atoms. The molecule has 0 bridgehead atoms. The second-order valence-corrected chi connectivity index (χ2v) is 5.05. The van der Waals surface area contributed by atoms with Gasteiger partial charge in [0.15, 0.2) is 0 Å². The Balaban J connectivity index is 2.89. The molecule has 1 aromatic rings. The maximum absolute atomic E-state index is 7.15. The van der Waals surface area contributed by atoms with Gasteiger partial charge in [0.25, 0.3) is 0 Å². The Morgan fingerprint density at radius 1 is 1.08 bits per heavy atom. The van der Waals surface area contributed by atoms with Crippen LogP contribution in [-0.4, -0.2) is 2.25 Å². The first kappa shape index (κ1) is 7.97. The van der Waals surface area contributed by atoms with E-state index in [1.807, 2.05) is 24.3 Å². The lowest BCUT2D eigenvalue weighted by atomic mass is 10.2. The van der Waals surface area contributed by atoms with Crippen molar-refractivity contribution in [3.63, 3.8) is 0 Å². The highest BCUT2D eigenvalue weighted by Gasteiger charge is 2.04. The number of hydrogen-bond acceptors (Lipinski definition) is 4. The standard InChI is InChI=1S/C8H10S4/c9-7(10)5-2-1-3-6(4-5)8(11)12/h1-4,7-12H/i/hD2. The molecule has 4 heteroatoms. The highest BCUT2D eigenvalue weighted by atomic mass is 32.2. The summed E-state index contributed by atoms with van der Waals surface area (Å²) in [5.74, 6) is 0. The molecule has 0 nitrogen and oxygen atoms in total. The molecule has 0 amide bonds. The summed E-state index contributed by atoms with van der Waals surface area (Å²) in [7, 11) is 0. The predicted octanol–water partition coefficient (Wildman–Crippen LogP) is 3.40. The summed E-state index contributed by atoms with van der Waals surface area (Å²) < 4.78 is 14.0. The largest absolute Gasteiger partial charge is 0.160 e. The second kappa shape index (κ2) is 4.74. The molecule has 2 atom stereocenters. The van der Waals surface area contributed by atoms with Crippen LogP contribution in [0.5, 0.6) is 0 Å². The van der Waals surface area contributed by atoms with E-state index in [-0.39, 0.29) is 9.16 Å². The van der Waals surface area contributed by atoms with E-state index < -0.39 is 0 Å². The highest BCUT2D eigenvalue weighted by molar-refractivity contribution is 7.98. The molecule has 0 saturated carbocycles. The van der Waals surface area contributed by atoms with Crippen molar-refractivity contribution in [3.8, 4) is 0 Å². The van der Waals surface area contributed by atoms with Gasteiger partial charge in [-0.25, -0.2) is 0 Å². The van der Waals surface area contributed by atoms with E-state index in [4.69, 9.17) is 2.25 Å². The molecular formula is C8H10S4. The second-order valence-electron chi connectivity index (χ2n) is 2.37. The van der Waals surface area contributed by atoms with Gasteiger partial charge in [0.2, 0.25) is 0 Å². The lowest BCUT2D eigenvalue weighted by molar-refractivity contribution is 1.32. The predicted molar refractivity (Wildman–Crippen MR) is 67.9 cm³/mol. The number of rotatable bonds is 4. The molecule has 66 valence electrons. The quantitative estimate of drug-likeness (QED) is 0.447. The lowest BCUT2D eigenvalue weighted by Crippen LogP contribution is -1.86. The molecule has 0 fully saturated rings. The van der Waals surface area contributed by atoms with Gasteiger partial charge in [0.1, 0.15) is 2.25 Å². The minimum atomic E-state index is -0.133. The normalized spacial score (nSPS) is 17.8. The fourth-order valence-corrected chi connectivity index (χ4v) is 1.48. The van der Waals surface area contributed by atoms with Crippen LogP contribution in [0.1, 0.15) is 20.3 Å². The zero-order valence-corrected chi connectivity index (χ0v) is 9.60. The molecule has 1 aromatic carbocycles. The van der Waals surface area contributed by atoms with Gasteiger partial charge in [-0.05, 0) is 11.1 Å². The molecule has 0 radical (unpaired) electrons. The number of thiol groups is 4.